The van der Waals surface area contributed by atoms with Gasteiger partial charge in [0.2, 0.25) is 0 Å². The van der Waals surface area contributed by atoms with Crippen LogP contribution < -0.4 is 11.1 Å². The normalized spacial score (nSPS) is 25.5. The summed E-state index contributed by atoms with van der Waals surface area (Å²) in [5.41, 5.74) is 5.80. The summed E-state index contributed by atoms with van der Waals surface area (Å²) < 4.78 is 0. The van der Waals surface area contributed by atoms with Crippen molar-refractivity contribution < 1.29 is 0 Å². The smallest absolute Gasteiger partial charge is 0.0241 e. The van der Waals surface area contributed by atoms with Crippen molar-refractivity contribution in [2.45, 2.75) is 38.3 Å². The van der Waals surface area contributed by atoms with Crippen molar-refractivity contribution in [3.8, 4) is 0 Å². The number of rotatable bonds is 3. The topological polar surface area (TPSA) is 38.0 Å². The summed E-state index contributed by atoms with van der Waals surface area (Å²) in [7, 11) is 2.01. The minimum atomic E-state index is 0.301. The average Bonchev–Trinajstić information content (AvgIpc) is 1.76. The Bertz CT molecular complexity index is 97.4. The maximum atomic E-state index is 5.80. The van der Waals surface area contributed by atoms with Gasteiger partial charge in [-0.15, -0.1) is 0 Å². The molecule has 0 aliphatic heterocycles. The zero-order valence-corrected chi connectivity index (χ0v) is 6.93. The summed E-state index contributed by atoms with van der Waals surface area (Å²) >= 11 is 0. The molecule has 0 aromatic carbocycles. The van der Waals surface area contributed by atoms with Gasteiger partial charge in [-0.1, -0.05) is 6.42 Å². The van der Waals surface area contributed by atoms with Crippen molar-refractivity contribution in [2.24, 2.45) is 11.7 Å². The molecule has 0 saturated heterocycles. The Kier molecular flexibility index (Phi) is 2.69. The van der Waals surface area contributed by atoms with Crippen LogP contribution in [0.3, 0.4) is 0 Å². The number of nitrogens with two attached hydrogens (primary N) is 1. The van der Waals surface area contributed by atoms with Gasteiger partial charge in [-0.25, -0.2) is 0 Å². The lowest BCUT2D eigenvalue weighted by Gasteiger charge is -2.35. The summed E-state index contributed by atoms with van der Waals surface area (Å²) in [6.45, 7) is 2.08. The van der Waals surface area contributed by atoms with Crippen molar-refractivity contribution >= 4 is 0 Å². The third-order valence-electron chi connectivity index (χ3n) is 2.56. The van der Waals surface area contributed by atoms with Crippen molar-refractivity contribution in [1.82, 2.24) is 5.32 Å². The van der Waals surface area contributed by atoms with E-state index in [0.717, 1.165) is 5.92 Å². The van der Waals surface area contributed by atoms with E-state index < -0.39 is 0 Å². The van der Waals surface area contributed by atoms with Crippen LogP contribution >= 0.6 is 0 Å². The Hall–Kier alpha value is -0.0800. The van der Waals surface area contributed by atoms with Gasteiger partial charge in [-0.05, 0) is 32.7 Å². The van der Waals surface area contributed by atoms with E-state index in [2.05, 4.69) is 12.2 Å². The minimum Gasteiger partial charge on any atom is -0.327 e. The monoisotopic (exact) mass is 142 g/mol. The van der Waals surface area contributed by atoms with E-state index in [4.69, 9.17) is 5.73 Å². The quantitative estimate of drug-likeness (QED) is 0.609. The molecule has 0 radical (unpaired) electrons. The van der Waals surface area contributed by atoms with Crippen LogP contribution in [0.4, 0.5) is 0 Å². The van der Waals surface area contributed by atoms with Crippen molar-refractivity contribution in [3.63, 3.8) is 0 Å². The average molecular weight is 142 g/mol. The van der Waals surface area contributed by atoms with Gasteiger partial charge in [0, 0.05) is 12.1 Å². The van der Waals surface area contributed by atoms with Crippen LogP contribution in [0, 0.1) is 5.92 Å². The van der Waals surface area contributed by atoms with Crippen molar-refractivity contribution in [2.75, 3.05) is 7.05 Å². The number of likely N-dealkylation sites (N-methyl/N-ethyl adjacent to an activating group) is 1. The Labute approximate surface area is 63.2 Å². The SMILES string of the molecule is CNC(C(C)N)C1CCC1. The van der Waals surface area contributed by atoms with Crippen LogP contribution in [-0.4, -0.2) is 19.1 Å². The van der Waals surface area contributed by atoms with Gasteiger partial charge in [0.25, 0.3) is 0 Å². The highest BCUT2D eigenvalue weighted by molar-refractivity contribution is 4.86. The van der Waals surface area contributed by atoms with Gasteiger partial charge in [0.1, 0.15) is 0 Å². The molecule has 2 unspecified atom stereocenters. The fraction of sp³-hybridized carbons (Fsp3) is 1.00. The molecule has 2 atom stereocenters. The van der Waals surface area contributed by atoms with Crippen molar-refractivity contribution in [3.05, 3.63) is 0 Å². The Morgan fingerprint density at radius 3 is 2.20 bits per heavy atom. The molecule has 0 spiro atoms. The van der Waals surface area contributed by atoms with Gasteiger partial charge >= 0.3 is 0 Å². The molecule has 1 aliphatic carbocycles. The standard InChI is InChI=1S/C8H18N2/c1-6(9)8(10-2)7-4-3-5-7/h6-8,10H,3-5,9H2,1-2H3. The summed E-state index contributed by atoms with van der Waals surface area (Å²) in [6, 6.07) is 0.851. The van der Waals surface area contributed by atoms with Crippen LogP contribution in [0.25, 0.3) is 0 Å². The second-order valence-corrected chi connectivity index (χ2v) is 3.36. The zero-order chi connectivity index (χ0) is 7.56. The summed E-state index contributed by atoms with van der Waals surface area (Å²) in [5, 5.41) is 3.28. The minimum absolute atomic E-state index is 0.301. The Balaban J connectivity index is 2.31. The van der Waals surface area contributed by atoms with Gasteiger partial charge in [0.15, 0.2) is 0 Å². The van der Waals surface area contributed by atoms with E-state index in [1.165, 1.54) is 19.3 Å². The Morgan fingerprint density at radius 2 is 2.10 bits per heavy atom. The highest BCUT2D eigenvalue weighted by atomic mass is 14.9. The fourth-order valence-electron chi connectivity index (χ4n) is 1.73. The molecule has 1 aliphatic rings. The lowest BCUT2D eigenvalue weighted by Crippen LogP contribution is -2.48. The molecule has 60 valence electrons. The molecule has 0 heterocycles. The molecule has 0 amide bonds. The maximum Gasteiger partial charge on any atom is 0.0241 e. The van der Waals surface area contributed by atoms with Gasteiger partial charge in [0.05, 0.1) is 0 Å². The van der Waals surface area contributed by atoms with E-state index in [9.17, 15) is 0 Å². The van der Waals surface area contributed by atoms with Crippen LogP contribution in [-0.2, 0) is 0 Å². The first-order valence-corrected chi connectivity index (χ1v) is 4.18. The molecule has 0 aromatic rings. The van der Waals surface area contributed by atoms with Gasteiger partial charge in [-0.3, -0.25) is 0 Å². The first-order chi connectivity index (χ1) is 4.75. The Morgan fingerprint density at radius 1 is 1.50 bits per heavy atom. The summed E-state index contributed by atoms with van der Waals surface area (Å²) in [5.74, 6) is 0.852. The molecular formula is C8H18N2. The van der Waals surface area contributed by atoms with Gasteiger partial charge < -0.3 is 11.1 Å². The van der Waals surface area contributed by atoms with Crippen molar-refractivity contribution in [1.29, 1.82) is 0 Å². The fourth-order valence-corrected chi connectivity index (χ4v) is 1.73. The van der Waals surface area contributed by atoms with Crippen LogP contribution in [0.5, 0.6) is 0 Å². The lowest BCUT2D eigenvalue weighted by atomic mass is 9.77. The molecule has 2 nitrogen and oxygen atoms in total. The highest BCUT2D eigenvalue weighted by Crippen LogP contribution is 2.30. The zero-order valence-electron chi connectivity index (χ0n) is 6.93. The summed E-state index contributed by atoms with van der Waals surface area (Å²) in [6.07, 6.45) is 4.13. The predicted octanol–water partition coefficient (Wildman–Crippen LogP) is 0.722. The second-order valence-electron chi connectivity index (χ2n) is 3.36. The summed E-state index contributed by atoms with van der Waals surface area (Å²) in [4.78, 5) is 0. The molecule has 1 fully saturated rings. The highest BCUT2D eigenvalue weighted by Gasteiger charge is 2.27. The molecule has 10 heavy (non-hydrogen) atoms. The maximum absolute atomic E-state index is 5.80. The second kappa shape index (κ2) is 3.35. The first-order valence-electron chi connectivity index (χ1n) is 4.18. The van der Waals surface area contributed by atoms with E-state index in [1.807, 2.05) is 7.05 Å². The molecule has 1 saturated carbocycles. The van der Waals surface area contributed by atoms with E-state index >= 15 is 0 Å². The van der Waals surface area contributed by atoms with Gasteiger partial charge in [-0.2, -0.15) is 0 Å². The molecule has 2 heteroatoms. The number of hydrogen-bond donors (Lipinski definition) is 2. The van der Waals surface area contributed by atoms with E-state index in [1.54, 1.807) is 0 Å². The van der Waals surface area contributed by atoms with Crippen LogP contribution in [0.15, 0.2) is 0 Å². The van der Waals surface area contributed by atoms with Crippen LogP contribution in [0.2, 0.25) is 0 Å². The number of hydrogen-bond acceptors (Lipinski definition) is 2. The molecule has 0 aromatic heterocycles. The molecule has 0 bridgehead atoms. The first kappa shape index (κ1) is 8.02. The number of nitrogens with one attached hydrogen (secondary N) is 1. The molecule has 1 rings (SSSR count). The van der Waals surface area contributed by atoms with E-state index in [0.29, 0.717) is 12.1 Å². The lowest BCUT2D eigenvalue weighted by molar-refractivity contribution is 0.217. The third kappa shape index (κ3) is 1.50. The third-order valence-corrected chi connectivity index (χ3v) is 2.56. The molecular weight excluding hydrogens is 124 g/mol. The van der Waals surface area contributed by atoms with Crippen LogP contribution in [0.1, 0.15) is 26.2 Å². The van der Waals surface area contributed by atoms with E-state index in [-0.39, 0.29) is 0 Å². The predicted molar refractivity (Wildman–Crippen MR) is 43.8 cm³/mol. The molecule has 3 N–H and O–H groups in total. The largest absolute Gasteiger partial charge is 0.327 e.